The van der Waals surface area contributed by atoms with Gasteiger partial charge in [-0.2, -0.15) is 0 Å². The van der Waals surface area contributed by atoms with E-state index in [1.807, 2.05) is 0 Å². The predicted octanol–water partition coefficient (Wildman–Crippen LogP) is 0.953. The number of aromatic hydroxyl groups is 1. The SMILES string of the molecule is CCN1CC2CCN(C)C2c2cc(O)c3c(c21)C[C@@H]1C[C@@H]2[C@@H](N(C)C)C(O)=C(C(N)=O)C(=O)[C@@]2(O)C(O)=C1C3=O. The molecule has 3 aliphatic carbocycles. The van der Waals surface area contributed by atoms with Gasteiger partial charge in [0.1, 0.15) is 22.8 Å². The first kappa shape index (κ1) is 26.8. The number of nitrogens with two attached hydrogens (primary N) is 1. The van der Waals surface area contributed by atoms with E-state index in [0.29, 0.717) is 17.9 Å². The highest BCUT2D eigenvalue weighted by atomic mass is 16.3. The Hall–Kier alpha value is -3.41. The van der Waals surface area contributed by atoms with Crippen molar-refractivity contribution in [1.29, 1.82) is 0 Å². The van der Waals surface area contributed by atoms with Gasteiger partial charge < -0.3 is 31.1 Å². The number of anilines is 1. The second-order valence-corrected chi connectivity index (χ2v) is 12.2. The summed E-state index contributed by atoms with van der Waals surface area (Å²) < 4.78 is 0. The van der Waals surface area contributed by atoms with E-state index in [4.69, 9.17) is 5.73 Å². The van der Waals surface area contributed by atoms with Gasteiger partial charge in [-0.25, -0.2) is 0 Å². The molecule has 214 valence electrons. The smallest absolute Gasteiger partial charge is 0.255 e. The van der Waals surface area contributed by atoms with Crippen LogP contribution in [0.15, 0.2) is 28.7 Å². The molecule has 5 aliphatic rings. The lowest BCUT2D eigenvalue weighted by atomic mass is 9.58. The van der Waals surface area contributed by atoms with Gasteiger partial charge in [-0.15, -0.1) is 0 Å². The van der Waals surface area contributed by atoms with Crippen molar-refractivity contribution in [1.82, 2.24) is 9.80 Å². The standard InChI is InChI=1S/C29H36N4O7/c1-5-33-11-12-6-7-32(4)21(12)15-10-17(34)19-14(22(15)33)8-13-9-16-23(31(2)3)25(36)20(28(30)39)27(38)29(16,40)26(37)18(13)24(19)35/h10,12-13,16,21,23,34,36-37,40H,5-9,11H2,1-4H3,(H2,30,39)/t12?,13-,16-,21?,23-,29+/m1/s1. The fourth-order valence-electron chi connectivity index (χ4n) is 8.31. The highest BCUT2D eigenvalue weighted by molar-refractivity contribution is 6.25. The maximum Gasteiger partial charge on any atom is 0.255 e. The van der Waals surface area contributed by atoms with E-state index >= 15 is 0 Å². The van der Waals surface area contributed by atoms with Crippen LogP contribution in [0.2, 0.25) is 0 Å². The molecule has 0 radical (unpaired) electrons. The summed E-state index contributed by atoms with van der Waals surface area (Å²) in [6.07, 6.45) is 1.42. The summed E-state index contributed by atoms with van der Waals surface area (Å²) >= 11 is 0. The molecule has 1 aromatic carbocycles. The second kappa shape index (κ2) is 8.79. The molecular formula is C29H36N4O7. The molecule has 0 spiro atoms. The lowest BCUT2D eigenvalue weighted by Gasteiger charge is -2.50. The van der Waals surface area contributed by atoms with Crippen molar-refractivity contribution >= 4 is 23.2 Å². The minimum absolute atomic E-state index is 0.0667. The number of benzene rings is 1. The van der Waals surface area contributed by atoms with Crippen LogP contribution >= 0.6 is 0 Å². The molecule has 2 aliphatic heterocycles. The molecule has 0 saturated carbocycles. The van der Waals surface area contributed by atoms with Crippen molar-refractivity contribution in [3.8, 4) is 5.75 Å². The monoisotopic (exact) mass is 552 g/mol. The van der Waals surface area contributed by atoms with Crippen LogP contribution in [0, 0.1) is 17.8 Å². The number of phenols is 1. The number of rotatable bonds is 3. The first-order chi connectivity index (χ1) is 18.8. The van der Waals surface area contributed by atoms with E-state index in [2.05, 4.69) is 23.8 Å². The molecule has 11 heteroatoms. The van der Waals surface area contributed by atoms with E-state index < -0.39 is 58.0 Å². The number of carbonyl (C=O) groups is 3. The predicted molar refractivity (Wildman–Crippen MR) is 145 cm³/mol. The minimum Gasteiger partial charge on any atom is -0.510 e. The number of fused-ring (bicyclic) bond motifs is 7. The van der Waals surface area contributed by atoms with E-state index in [0.717, 1.165) is 37.3 Å². The maximum atomic E-state index is 14.1. The molecule has 1 fully saturated rings. The summed E-state index contributed by atoms with van der Waals surface area (Å²) in [5, 5.41) is 45.5. The largest absolute Gasteiger partial charge is 0.510 e. The highest BCUT2D eigenvalue weighted by Crippen LogP contribution is 2.56. The van der Waals surface area contributed by atoms with Gasteiger partial charge >= 0.3 is 0 Å². The van der Waals surface area contributed by atoms with Crippen LogP contribution in [-0.4, -0.2) is 100 Å². The van der Waals surface area contributed by atoms with Gasteiger partial charge in [0, 0.05) is 36.3 Å². The van der Waals surface area contributed by atoms with Crippen molar-refractivity contribution in [2.45, 2.75) is 43.9 Å². The third-order valence-electron chi connectivity index (χ3n) is 9.97. The number of phenolic OH excluding ortho intramolecular Hbond substituents is 1. The zero-order valence-electron chi connectivity index (χ0n) is 23.1. The Labute approximate surface area is 232 Å². The summed E-state index contributed by atoms with van der Waals surface area (Å²) in [5.41, 5.74) is 4.51. The summed E-state index contributed by atoms with van der Waals surface area (Å²) in [6, 6.07) is 0.767. The van der Waals surface area contributed by atoms with Gasteiger partial charge in [0.15, 0.2) is 11.4 Å². The summed E-state index contributed by atoms with van der Waals surface area (Å²) in [7, 11) is 5.31. The van der Waals surface area contributed by atoms with Gasteiger partial charge in [0.2, 0.25) is 5.78 Å². The molecule has 1 aromatic rings. The molecule has 40 heavy (non-hydrogen) atoms. The number of primary amides is 1. The van der Waals surface area contributed by atoms with Gasteiger partial charge in [-0.05, 0) is 82.9 Å². The van der Waals surface area contributed by atoms with Crippen LogP contribution in [0.4, 0.5) is 5.69 Å². The van der Waals surface area contributed by atoms with Gasteiger partial charge in [0.05, 0.1) is 11.6 Å². The Bertz CT molecular complexity index is 1430. The highest BCUT2D eigenvalue weighted by Gasteiger charge is 2.63. The van der Waals surface area contributed by atoms with Crippen molar-refractivity contribution in [3.63, 3.8) is 0 Å². The van der Waals surface area contributed by atoms with Crippen LogP contribution < -0.4 is 10.6 Å². The quantitative estimate of drug-likeness (QED) is 0.341. The van der Waals surface area contributed by atoms with Gasteiger partial charge in [0.25, 0.3) is 5.91 Å². The van der Waals surface area contributed by atoms with Crippen LogP contribution in [0.5, 0.6) is 5.75 Å². The number of hydrogen-bond donors (Lipinski definition) is 5. The van der Waals surface area contributed by atoms with Crippen molar-refractivity contribution in [2.24, 2.45) is 23.5 Å². The molecule has 11 nitrogen and oxygen atoms in total. The average Bonchev–Trinajstić information content (AvgIpc) is 3.25. The van der Waals surface area contributed by atoms with Crippen LogP contribution in [0.25, 0.3) is 0 Å². The fraction of sp³-hybridized carbons (Fsp3) is 0.552. The fourth-order valence-corrected chi connectivity index (χ4v) is 8.31. The average molecular weight is 553 g/mol. The molecule has 0 aromatic heterocycles. The van der Waals surface area contributed by atoms with Gasteiger partial charge in [-0.1, -0.05) is 0 Å². The minimum atomic E-state index is -2.64. The number of likely N-dealkylation sites (N-methyl/N-ethyl adjacent to an activating group) is 1. The number of carbonyl (C=O) groups excluding carboxylic acids is 3. The summed E-state index contributed by atoms with van der Waals surface area (Å²) in [4.78, 5) is 45.8. The lowest BCUT2D eigenvalue weighted by molar-refractivity contribution is -0.148. The maximum absolute atomic E-state index is 14.1. The normalized spacial score (nSPS) is 33.5. The van der Waals surface area contributed by atoms with Crippen molar-refractivity contribution < 1.29 is 34.8 Å². The van der Waals surface area contributed by atoms with Crippen LogP contribution in [0.3, 0.4) is 0 Å². The second-order valence-electron chi connectivity index (χ2n) is 12.2. The third-order valence-corrected chi connectivity index (χ3v) is 9.97. The number of likely N-dealkylation sites (tertiary alicyclic amines) is 1. The zero-order valence-corrected chi connectivity index (χ0v) is 23.1. The summed E-state index contributed by atoms with van der Waals surface area (Å²) in [6.45, 7) is 4.55. The van der Waals surface area contributed by atoms with E-state index in [1.165, 1.54) is 0 Å². The van der Waals surface area contributed by atoms with E-state index in [9.17, 15) is 34.8 Å². The number of aliphatic hydroxyl groups excluding tert-OH is 2. The Morgan fingerprint density at radius 2 is 1.93 bits per heavy atom. The number of allylic oxidation sites excluding steroid dienone is 1. The number of Topliss-reactive ketones (excluding diaryl/α,β-unsaturated/α-hetero) is 2. The number of aliphatic hydroxyl groups is 3. The molecule has 6 rings (SSSR count). The number of nitrogens with zero attached hydrogens (tertiary/aromatic N) is 3. The Morgan fingerprint density at radius 1 is 1.23 bits per heavy atom. The molecular weight excluding hydrogens is 516 g/mol. The zero-order chi connectivity index (χ0) is 29.0. The van der Waals surface area contributed by atoms with E-state index in [-0.39, 0.29) is 29.3 Å². The third kappa shape index (κ3) is 3.25. The molecule has 6 atom stereocenters. The summed E-state index contributed by atoms with van der Waals surface area (Å²) in [5.74, 6) is -5.95. The topological polar surface area (TPSA) is 168 Å². The molecule has 0 bridgehead atoms. The van der Waals surface area contributed by atoms with Crippen molar-refractivity contribution in [3.05, 3.63) is 45.4 Å². The number of amides is 1. The number of hydrogen-bond acceptors (Lipinski definition) is 10. The number of ketones is 2. The molecule has 1 saturated heterocycles. The Morgan fingerprint density at radius 3 is 2.55 bits per heavy atom. The first-order valence-electron chi connectivity index (χ1n) is 13.8. The first-order valence-corrected chi connectivity index (χ1v) is 13.8. The van der Waals surface area contributed by atoms with Gasteiger partial charge in [-0.3, -0.25) is 24.2 Å². The molecule has 1 amide bonds. The Balaban J connectivity index is 1.55. The Kier molecular flexibility index (Phi) is 5.89. The molecule has 6 N–H and O–H groups in total. The molecule has 2 unspecified atom stereocenters. The lowest BCUT2D eigenvalue weighted by Crippen LogP contribution is -2.63. The molecule has 2 heterocycles. The van der Waals surface area contributed by atoms with Crippen molar-refractivity contribution in [2.75, 3.05) is 45.7 Å². The van der Waals surface area contributed by atoms with E-state index in [1.54, 1.807) is 25.1 Å². The van der Waals surface area contributed by atoms with Crippen LogP contribution in [-0.2, 0) is 16.0 Å². The van der Waals surface area contributed by atoms with Crippen LogP contribution in [0.1, 0.15) is 47.3 Å².